The highest BCUT2D eigenvalue weighted by molar-refractivity contribution is 5.98. The number of benzene rings is 3. The van der Waals surface area contributed by atoms with E-state index in [1.54, 1.807) is 17.0 Å². The fourth-order valence-corrected chi connectivity index (χ4v) is 4.52. The summed E-state index contributed by atoms with van der Waals surface area (Å²) in [6.07, 6.45) is 0. The van der Waals surface area contributed by atoms with Gasteiger partial charge in [0, 0.05) is 38.3 Å². The van der Waals surface area contributed by atoms with Gasteiger partial charge in [0.25, 0.3) is 5.91 Å². The lowest BCUT2D eigenvalue weighted by atomic mass is 10.0. The summed E-state index contributed by atoms with van der Waals surface area (Å²) >= 11 is 0. The molecule has 1 fully saturated rings. The fourth-order valence-electron chi connectivity index (χ4n) is 4.52. The highest BCUT2D eigenvalue weighted by Gasteiger charge is 2.28. The minimum atomic E-state index is -0.980. The third-order valence-electron chi connectivity index (χ3n) is 6.57. The summed E-state index contributed by atoms with van der Waals surface area (Å²) < 4.78 is 10.8. The Morgan fingerprint density at radius 1 is 0.861 bits per heavy atom. The number of nitrogens with one attached hydrogen (secondary N) is 1. The first kappa shape index (κ1) is 23.8. The number of aliphatic hydroxyl groups is 1. The maximum Gasteiger partial charge on any atom is 0.251 e. The number of hydrogen-bond donors (Lipinski definition) is 2. The van der Waals surface area contributed by atoms with Crippen molar-refractivity contribution < 1.29 is 24.2 Å². The second-order valence-electron chi connectivity index (χ2n) is 8.94. The highest BCUT2D eigenvalue weighted by Crippen LogP contribution is 2.32. The van der Waals surface area contributed by atoms with E-state index < -0.39 is 12.6 Å². The molecular formula is C28H29N3O5. The van der Waals surface area contributed by atoms with Crippen LogP contribution in [0.3, 0.4) is 0 Å². The summed E-state index contributed by atoms with van der Waals surface area (Å²) in [5.74, 6) is 0.869. The van der Waals surface area contributed by atoms with Gasteiger partial charge < -0.3 is 24.8 Å². The number of fused-ring (bicyclic) bond motifs is 1. The smallest absolute Gasteiger partial charge is 0.251 e. The largest absolute Gasteiger partial charge is 0.454 e. The molecule has 2 heterocycles. The van der Waals surface area contributed by atoms with Crippen molar-refractivity contribution in [3.8, 4) is 22.6 Å². The van der Waals surface area contributed by atoms with Gasteiger partial charge in [0.1, 0.15) is 6.04 Å². The molecule has 5 rings (SSSR count). The molecule has 0 bridgehead atoms. The second-order valence-corrected chi connectivity index (χ2v) is 8.94. The van der Waals surface area contributed by atoms with Crippen LogP contribution in [0.25, 0.3) is 11.1 Å². The van der Waals surface area contributed by atoms with Gasteiger partial charge in [0.2, 0.25) is 12.7 Å². The molecule has 1 atom stereocenters. The molecule has 1 unspecified atom stereocenters. The SMILES string of the molecule is O=C(NC(CO)C(=O)N1CCN(Cc2ccc3c(c2)OCO3)CC1)c1ccc(-c2ccccc2)cc1. The summed E-state index contributed by atoms with van der Waals surface area (Å²) in [5.41, 5.74) is 3.62. The molecule has 8 heteroatoms. The van der Waals surface area contributed by atoms with Gasteiger partial charge in [-0.15, -0.1) is 0 Å². The minimum absolute atomic E-state index is 0.251. The maximum atomic E-state index is 13.0. The van der Waals surface area contributed by atoms with E-state index in [1.807, 2.05) is 60.7 Å². The molecule has 0 radical (unpaired) electrons. The van der Waals surface area contributed by atoms with Crippen molar-refractivity contribution >= 4 is 11.8 Å². The number of carbonyl (C=O) groups is 2. The molecule has 0 saturated carbocycles. The van der Waals surface area contributed by atoms with Crippen LogP contribution in [0.2, 0.25) is 0 Å². The monoisotopic (exact) mass is 487 g/mol. The van der Waals surface area contributed by atoms with Crippen molar-refractivity contribution in [2.45, 2.75) is 12.6 Å². The minimum Gasteiger partial charge on any atom is -0.454 e. The number of ether oxygens (including phenoxy) is 2. The first-order valence-corrected chi connectivity index (χ1v) is 12.1. The molecule has 0 spiro atoms. The Balaban J connectivity index is 1.13. The Labute approximate surface area is 210 Å². The quantitative estimate of drug-likeness (QED) is 0.532. The van der Waals surface area contributed by atoms with Gasteiger partial charge >= 0.3 is 0 Å². The van der Waals surface area contributed by atoms with E-state index in [9.17, 15) is 14.7 Å². The van der Waals surface area contributed by atoms with Crippen molar-refractivity contribution in [3.05, 3.63) is 83.9 Å². The Kier molecular flexibility index (Phi) is 7.16. The van der Waals surface area contributed by atoms with E-state index in [4.69, 9.17) is 9.47 Å². The lowest BCUT2D eigenvalue weighted by Gasteiger charge is -2.36. The standard InChI is InChI=1S/C28H29N3O5/c32-18-24(29-27(33)23-9-7-22(8-10-23)21-4-2-1-3-5-21)28(34)31-14-12-30(13-15-31)17-20-6-11-25-26(16-20)36-19-35-25/h1-11,16,24,32H,12-15,17-19H2,(H,29,33). The van der Waals surface area contributed by atoms with Gasteiger partial charge in [-0.3, -0.25) is 14.5 Å². The Bertz CT molecular complexity index is 1210. The van der Waals surface area contributed by atoms with E-state index in [0.29, 0.717) is 31.7 Å². The van der Waals surface area contributed by atoms with Gasteiger partial charge in [0.15, 0.2) is 11.5 Å². The molecule has 2 amide bonds. The number of rotatable bonds is 7. The molecule has 1 saturated heterocycles. The van der Waals surface area contributed by atoms with Gasteiger partial charge in [-0.05, 0) is 41.0 Å². The summed E-state index contributed by atoms with van der Waals surface area (Å²) in [6, 6.07) is 22.0. The molecule has 3 aromatic carbocycles. The number of nitrogens with zero attached hydrogens (tertiary/aromatic N) is 2. The van der Waals surface area contributed by atoms with Crippen LogP contribution in [0.1, 0.15) is 15.9 Å². The first-order valence-electron chi connectivity index (χ1n) is 12.1. The van der Waals surface area contributed by atoms with Gasteiger partial charge in [-0.2, -0.15) is 0 Å². The topological polar surface area (TPSA) is 91.3 Å². The zero-order valence-corrected chi connectivity index (χ0v) is 19.9. The Morgan fingerprint density at radius 3 is 2.28 bits per heavy atom. The number of carbonyl (C=O) groups excluding carboxylic acids is 2. The van der Waals surface area contributed by atoms with Crippen LogP contribution in [0.15, 0.2) is 72.8 Å². The molecule has 36 heavy (non-hydrogen) atoms. The predicted octanol–water partition coefficient (Wildman–Crippen LogP) is 2.52. The molecular weight excluding hydrogens is 458 g/mol. The van der Waals surface area contributed by atoms with E-state index in [2.05, 4.69) is 10.2 Å². The fraction of sp³-hybridized carbons (Fsp3) is 0.286. The maximum absolute atomic E-state index is 13.0. The van der Waals surface area contributed by atoms with E-state index in [1.165, 1.54) is 0 Å². The van der Waals surface area contributed by atoms with Crippen LogP contribution >= 0.6 is 0 Å². The molecule has 186 valence electrons. The predicted molar refractivity (Wildman–Crippen MR) is 135 cm³/mol. The van der Waals surface area contributed by atoms with Gasteiger partial charge in [-0.25, -0.2) is 0 Å². The second kappa shape index (κ2) is 10.8. The third-order valence-corrected chi connectivity index (χ3v) is 6.57. The van der Waals surface area contributed by atoms with E-state index >= 15 is 0 Å². The first-order chi connectivity index (χ1) is 17.6. The van der Waals surface area contributed by atoms with Gasteiger partial charge in [0.05, 0.1) is 6.61 Å². The van der Waals surface area contributed by atoms with Crippen LogP contribution in [0.5, 0.6) is 11.5 Å². The molecule has 2 aliphatic rings. The Morgan fingerprint density at radius 2 is 1.56 bits per heavy atom. The number of aliphatic hydroxyl groups excluding tert-OH is 1. The van der Waals surface area contributed by atoms with Crippen molar-refractivity contribution in [1.82, 2.24) is 15.1 Å². The van der Waals surface area contributed by atoms with Gasteiger partial charge in [-0.1, -0.05) is 48.5 Å². The molecule has 3 aromatic rings. The zero-order chi connectivity index (χ0) is 24.9. The summed E-state index contributed by atoms with van der Waals surface area (Å²) in [7, 11) is 0. The van der Waals surface area contributed by atoms with Crippen molar-refractivity contribution in [2.75, 3.05) is 39.6 Å². The molecule has 0 aromatic heterocycles. The van der Waals surface area contributed by atoms with Crippen LogP contribution in [-0.4, -0.2) is 72.3 Å². The van der Waals surface area contributed by atoms with Crippen LogP contribution < -0.4 is 14.8 Å². The number of piperazine rings is 1. The third kappa shape index (κ3) is 5.35. The molecule has 8 nitrogen and oxygen atoms in total. The van der Waals surface area contributed by atoms with Crippen LogP contribution in [0, 0.1) is 0 Å². The lowest BCUT2D eigenvalue weighted by Crippen LogP contribution is -2.55. The number of hydrogen-bond acceptors (Lipinski definition) is 6. The van der Waals surface area contributed by atoms with E-state index in [-0.39, 0.29) is 18.6 Å². The lowest BCUT2D eigenvalue weighted by molar-refractivity contribution is -0.136. The summed E-state index contributed by atoms with van der Waals surface area (Å²) in [4.78, 5) is 29.8. The molecule has 2 aliphatic heterocycles. The summed E-state index contributed by atoms with van der Waals surface area (Å²) in [6.45, 7) is 3.01. The average Bonchev–Trinajstić information content (AvgIpc) is 3.40. The van der Waals surface area contributed by atoms with E-state index in [0.717, 1.165) is 34.7 Å². The normalized spacial score (nSPS) is 16.0. The number of amides is 2. The Hall–Kier alpha value is -3.88. The van der Waals surface area contributed by atoms with Crippen molar-refractivity contribution in [2.24, 2.45) is 0 Å². The molecule has 0 aliphatic carbocycles. The average molecular weight is 488 g/mol. The van der Waals surface area contributed by atoms with Crippen molar-refractivity contribution in [3.63, 3.8) is 0 Å². The van der Waals surface area contributed by atoms with Crippen LogP contribution in [0.4, 0.5) is 0 Å². The highest BCUT2D eigenvalue weighted by atomic mass is 16.7. The van der Waals surface area contributed by atoms with Crippen LogP contribution in [-0.2, 0) is 11.3 Å². The zero-order valence-electron chi connectivity index (χ0n) is 19.9. The molecule has 2 N–H and O–H groups in total. The summed E-state index contributed by atoms with van der Waals surface area (Å²) in [5, 5.41) is 12.5. The van der Waals surface area contributed by atoms with Crippen molar-refractivity contribution in [1.29, 1.82) is 0 Å².